The van der Waals surface area contributed by atoms with Gasteiger partial charge in [0, 0.05) is 12.4 Å². The van der Waals surface area contributed by atoms with E-state index in [1.807, 2.05) is 12.4 Å². The minimum Gasteiger partial charge on any atom is -0.377 e. The zero-order valence-corrected chi connectivity index (χ0v) is 11.4. The van der Waals surface area contributed by atoms with Crippen LogP contribution in [0, 0.1) is 6.92 Å². The molecular formula is C14H24N2O. The number of aryl methyl sites for hydroxylation is 1. The summed E-state index contributed by atoms with van der Waals surface area (Å²) in [5.41, 5.74) is 2.40. The average Bonchev–Trinajstić information content (AvgIpc) is 2.29. The van der Waals surface area contributed by atoms with Crippen molar-refractivity contribution < 1.29 is 4.74 Å². The summed E-state index contributed by atoms with van der Waals surface area (Å²) in [5.74, 6) is 0. The molecule has 1 rings (SSSR count). The Morgan fingerprint density at radius 2 is 2.12 bits per heavy atom. The smallest absolute Gasteiger partial charge is 0.0665 e. The molecule has 0 aliphatic heterocycles. The number of hydrogen-bond acceptors (Lipinski definition) is 3. The Bertz CT molecular complexity index is 326. The van der Waals surface area contributed by atoms with E-state index in [2.05, 4.69) is 44.1 Å². The van der Waals surface area contributed by atoms with E-state index >= 15 is 0 Å². The molecule has 1 aromatic rings. The lowest BCUT2D eigenvalue weighted by Gasteiger charge is -2.20. The number of nitrogens with zero attached hydrogens (tertiary/aromatic N) is 1. The molecule has 96 valence electrons. The summed E-state index contributed by atoms with van der Waals surface area (Å²) in [6.45, 7) is 10.1. The number of rotatable bonds is 7. The summed E-state index contributed by atoms with van der Waals surface area (Å²) in [6, 6.07) is 2.41. The molecule has 0 spiro atoms. The third-order valence-corrected chi connectivity index (χ3v) is 2.54. The third-order valence-electron chi connectivity index (χ3n) is 2.54. The van der Waals surface area contributed by atoms with Gasteiger partial charge in [0.25, 0.3) is 0 Å². The highest BCUT2D eigenvalue weighted by Crippen LogP contribution is 2.14. The van der Waals surface area contributed by atoms with Crippen LogP contribution in [0.5, 0.6) is 0 Å². The summed E-state index contributed by atoms with van der Waals surface area (Å²) < 4.78 is 5.71. The van der Waals surface area contributed by atoms with Crippen LogP contribution >= 0.6 is 0 Å². The van der Waals surface area contributed by atoms with Crippen molar-refractivity contribution in [3.8, 4) is 0 Å². The molecule has 0 aliphatic carbocycles. The van der Waals surface area contributed by atoms with Crippen molar-refractivity contribution in [3.05, 3.63) is 29.6 Å². The van der Waals surface area contributed by atoms with Crippen molar-refractivity contribution in [1.82, 2.24) is 10.3 Å². The van der Waals surface area contributed by atoms with Gasteiger partial charge in [-0.05, 0) is 44.9 Å². The molecule has 1 aromatic heterocycles. The fourth-order valence-corrected chi connectivity index (χ4v) is 1.65. The molecule has 0 saturated heterocycles. The highest BCUT2D eigenvalue weighted by atomic mass is 16.5. The van der Waals surface area contributed by atoms with Crippen molar-refractivity contribution >= 4 is 0 Å². The molecule has 17 heavy (non-hydrogen) atoms. The van der Waals surface area contributed by atoms with E-state index in [1.165, 1.54) is 11.1 Å². The highest BCUT2D eigenvalue weighted by Gasteiger charge is 2.12. The normalized spacial score (nSPS) is 13.0. The Morgan fingerprint density at radius 3 is 2.71 bits per heavy atom. The molecule has 3 nitrogen and oxygen atoms in total. The summed E-state index contributed by atoms with van der Waals surface area (Å²) in [4.78, 5) is 4.24. The second-order valence-corrected chi connectivity index (χ2v) is 4.68. The van der Waals surface area contributed by atoms with E-state index in [9.17, 15) is 0 Å². The van der Waals surface area contributed by atoms with E-state index in [0.717, 1.165) is 13.0 Å². The fourth-order valence-electron chi connectivity index (χ4n) is 1.65. The van der Waals surface area contributed by atoms with Gasteiger partial charge in [-0.3, -0.25) is 4.98 Å². The standard InChI is InChI=1S/C14H24N2O/c1-5-6-16-14(10-17-11(2)3)13-7-12(4)8-15-9-13/h7-9,11,14,16H,5-6,10H2,1-4H3. The van der Waals surface area contributed by atoms with Gasteiger partial charge in [-0.2, -0.15) is 0 Å². The van der Waals surface area contributed by atoms with E-state index < -0.39 is 0 Å². The van der Waals surface area contributed by atoms with Crippen LogP contribution in [0.1, 0.15) is 44.4 Å². The molecule has 0 saturated carbocycles. The monoisotopic (exact) mass is 236 g/mol. The Morgan fingerprint density at radius 1 is 1.35 bits per heavy atom. The summed E-state index contributed by atoms with van der Waals surface area (Å²) >= 11 is 0. The van der Waals surface area contributed by atoms with Crippen LogP contribution in [0.25, 0.3) is 0 Å². The molecule has 0 amide bonds. The van der Waals surface area contributed by atoms with E-state index in [4.69, 9.17) is 4.74 Å². The first-order chi connectivity index (χ1) is 8.13. The molecular weight excluding hydrogens is 212 g/mol. The highest BCUT2D eigenvalue weighted by molar-refractivity contribution is 5.20. The SMILES string of the molecule is CCCNC(COC(C)C)c1cncc(C)c1. The maximum Gasteiger partial charge on any atom is 0.0665 e. The lowest BCUT2D eigenvalue weighted by Crippen LogP contribution is -2.27. The van der Waals surface area contributed by atoms with Crippen molar-refractivity contribution in [2.24, 2.45) is 0 Å². The summed E-state index contributed by atoms with van der Waals surface area (Å²) in [6.07, 6.45) is 5.18. The van der Waals surface area contributed by atoms with Crippen molar-refractivity contribution in [1.29, 1.82) is 0 Å². The first-order valence-electron chi connectivity index (χ1n) is 6.40. The Hall–Kier alpha value is -0.930. The maximum absolute atomic E-state index is 5.71. The summed E-state index contributed by atoms with van der Waals surface area (Å²) in [7, 11) is 0. The molecule has 0 aromatic carbocycles. The quantitative estimate of drug-likeness (QED) is 0.790. The van der Waals surface area contributed by atoms with Crippen LogP contribution in [0.15, 0.2) is 18.5 Å². The Kier molecular flexibility index (Phi) is 6.16. The van der Waals surface area contributed by atoms with Crippen molar-refractivity contribution in [2.75, 3.05) is 13.2 Å². The zero-order chi connectivity index (χ0) is 12.7. The maximum atomic E-state index is 5.71. The van der Waals surface area contributed by atoms with Crippen molar-refractivity contribution in [2.45, 2.75) is 46.3 Å². The molecule has 0 radical (unpaired) electrons. The van der Waals surface area contributed by atoms with Crippen LogP contribution < -0.4 is 5.32 Å². The number of hydrogen-bond donors (Lipinski definition) is 1. The predicted molar refractivity (Wildman–Crippen MR) is 71.1 cm³/mol. The van der Waals surface area contributed by atoms with Crippen molar-refractivity contribution in [3.63, 3.8) is 0 Å². The molecule has 1 atom stereocenters. The van der Waals surface area contributed by atoms with Crippen LogP contribution in [-0.2, 0) is 4.74 Å². The lowest BCUT2D eigenvalue weighted by atomic mass is 10.1. The lowest BCUT2D eigenvalue weighted by molar-refractivity contribution is 0.0610. The van der Waals surface area contributed by atoms with Gasteiger partial charge in [0.1, 0.15) is 0 Å². The largest absolute Gasteiger partial charge is 0.377 e. The number of pyridine rings is 1. The minimum atomic E-state index is 0.241. The number of nitrogens with one attached hydrogen (secondary N) is 1. The van der Waals surface area contributed by atoms with Gasteiger partial charge in [-0.25, -0.2) is 0 Å². The van der Waals surface area contributed by atoms with Gasteiger partial charge < -0.3 is 10.1 Å². The minimum absolute atomic E-state index is 0.241. The van der Waals surface area contributed by atoms with Crippen LogP contribution in [0.2, 0.25) is 0 Å². The first kappa shape index (κ1) is 14.1. The second-order valence-electron chi connectivity index (χ2n) is 4.68. The Balaban J connectivity index is 2.67. The van der Waals surface area contributed by atoms with E-state index in [0.29, 0.717) is 6.61 Å². The number of ether oxygens (including phenoxy) is 1. The van der Waals surface area contributed by atoms with Crippen LogP contribution in [0.3, 0.4) is 0 Å². The molecule has 3 heteroatoms. The molecule has 1 unspecified atom stereocenters. The first-order valence-corrected chi connectivity index (χ1v) is 6.40. The average molecular weight is 236 g/mol. The molecule has 1 N–H and O–H groups in total. The Labute approximate surface area is 105 Å². The molecule has 1 heterocycles. The van der Waals surface area contributed by atoms with Crippen LogP contribution in [-0.4, -0.2) is 24.2 Å². The third kappa shape index (κ3) is 5.29. The van der Waals surface area contributed by atoms with Gasteiger partial charge in [-0.1, -0.05) is 13.0 Å². The topological polar surface area (TPSA) is 34.1 Å². The zero-order valence-electron chi connectivity index (χ0n) is 11.4. The van der Waals surface area contributed by atoms with Crippen LogP contribution in [0.4, 0.5) is 0 Å². The molecule has 0 fully saturated rings. The molecule has 0 aliphatic rings. The van der Waals surface area contributed by atoms with Gasteiger partial charge in [-0.15, -0.1) is 0 Å². The fraction of sp³-hybridized carbons (Fsp3) is 0.643. The van der Waals surface area contributed by atoms with Gasteiger partial charge >= 0.3 is 0 Å². The van der Waals surface area contributed by atoms with Gasteiger partial charge in [0.05, 0.1) is 18.8 Å². The number of aromatic nitrogens is 1. The second kappa shape index (κ2) is 7.41. The predicted octanol–water partition coefficient (Wildman–Crippen LogP) is 2.86. The van der Waals surface area contributed by atoms with E-state index in [1.54, 1.807) is 0 Å². The summed E-state index contributed by atoms with van der Waals surface area (Å²) in [5, 5.41) is 3.50. The van der Waals surface area contributed by atoms with E-state index in [-0.39, 0.29) is 12.1 Å². The van der Waals surface area contributed by atoms with Gasteiger partial charge in [0.2, 0.25) is 0 Å². The molecule has 0 bridgehead atoms. The van der Waals surface area contributed by atoms with Gasteiger partial charge in [0.15, 0.2) is 0 Å².